The number of nitrogens with one attached hydrogen (secondary N) is 2. The van der Waals surface area contributed by atoms with E-state index in [-0.39, 0.29) is 53.1 Å². The van der Waals surface area contributed by atoms with Crippen molar-refractivity contribution in [3.63, 3.8) is 0 Å². The molecule has 2 unspecified atom stereocenters. The van der Waals surface area contributed by atoms with E-state index in [1.165, 1.54) is 0 Å². The number of anilines is 4. The normalized spacial score (nSPS) is 24.6. The molecule has 1 spiro atoms. The fourth-order valence-corrected chi connectivity index (χ4v) is 9.23. The van der Waals surface area contributed by atoms with Gasteiger partial charge in [-0.05, 0) is 68.1 Å². The number of fused-ring (bicyclic) bond motifs is 1. The zero-order chi connectivity index (χ0) is 38.2. The topological polar surface area (TPSA) is 194 Å². The Kier molecular flexibility index (Phi) is 8.24. The van der Waals surface area contributed by atoms with Gasteiger partial charge in [-0.2, -0.15) is 0 Å². The molecule has 7 amide bonds. The SMILES string of the molecule is CN1CCN([C@@H]2CCCC(c3cnc(C(N)=O)c(Nc4ccc(N5CC6(C5)CN(c5ccc7c(c5)C(=O)N(C5CCC(=O)NC5=O)C7=O)C6)cc4)n3)C2)C1=O. The predicted octanol–water partition coefficient (Wildman–Crippen LogP) is 2.44. The van der Waals surface area contributed by atoms with Gasteiger partial charge in [0, 0.05) is 93.4 Å². The maximum Gasteiger partial charge on any atom is 0.320 e. The van der Waals surface area contributed by atoms with Crippen molar-refractivity contribution in [2.75, 3.05) is 61.4 Å². The van der Waals surface area contributed by atoms with Gasteiger partial charge in [0.2, 0.25) is 11.8 Å². The summed E-state index contributed by atoms with van der Waals surface area (Å²) in [5.41, 5.74) is 9.87. The first-order valence-corrected chi connectivity index (χ1v) is 18.9. The Balaban J connectivity index is 0.815. The zero-order valence-electron chi connectivity index (χ0n) is 30.5. The van der Waals surface area contributed by atoms with Gasteiger partial charge in [-0.25, -0.2) is 14.8 Å². The van der Waals surface area contributed by atoms with Gasteiger partial charge in [0.25, 0.3) is 17.7 Å². The summed E-state index contributed by atoms with van der Waals surface area (Å²) in [5, 5.41) is 5.50. The zero-order valence-corrected chi connectivity index (χ0v) is 30.5. The van der Waals surface area contributed by atoms with E-state index in [0.29, 0.717) is 5.82 Å². The Labute approximate surface area is 317 Å². The Morgan fingerprint density at radius 3 is 2.29 bits per heavy atom. The standard InChI is InChI=1S/C39H42N10O6/c1-45-13-14-48(38(45)55)26-4-2-3-22(15-26)29-17-41-32(33(40)51)34(43-29)42-23-5-7-24(8-6-23)46-18-39(19-46)20-47(21-39)25-9-10-27-28(16-25)37(54)49(36(27)53)30-11-12-31(50)44-35(30)52/h5-10,16-17,22,26,30H,2-4,11-15,18-21H2,1H3,(H2,40,51)(H,42,43)(H,44,50,52)/t22?,26-,30?/m1/s1. The third-order valence-electron chi connectivity index (χ3n) is 12.2. The van der Waals surface area contributed by atoms with Crippen LogP contribution in [0.1, 0.15) is 81.3 Å². The first-order chi connectivity index (χ1) is 26.5. The maximum absolute atomic E-state index is 13.3. The number of nitrogens with two attached hydrogens (primary N) is 1. The highest BCUT2D eigenvalue weighted by molar-refractivity contribution is 6.23. The summed E-state index contributed by atoms with van der Waals surface area (Å²) in [5.74, 6) is -2.28. The van der Waals surface area contributed by atoms with Gasteiger partial charge < -0.3 is 30.7 Å². The molecule has 6 heterocycles. The second-order valence-corrected chi connectivity index (χ2v) is 15.8. The van der Waals surface area contributed by atoms with Crippen LogP contribution in [0.5, 0.6) is 0 Å². The highest BCUT2D eigenvalue weighted by atomic mass is 16.2. The van der Waals surface area contributed by atoms with Crippen LogP contribution in [0.4, 0.5) is 27.7 Å². The maximum atomic E-state index is 13.3. The lowest BCUT2D eigenvalue weighted by Crippen LogP contribution is -2.72. The number of amides is 7. The molecule has 284 valence electrons. The molecule has 4 saturated heterocycles. The number of piperidine rings is 1. The Morgan fingerprint density at radius 1 is 0.891 bits per heavy atom. The number of benzene rings is 2. The highest BCUT2D eigenvalue weighted by Gasteiger charge is 2.52. The van der Waals surface area contributed by atoms with Crippen LogP contribution in [0, 0.1) is 5.41 Å². The van der Waals surface area contributed by atoms with E-state index in [1.54, 1.807) is 23.2 Å². The van der Waals surface area contributed by atoms with Crippen molar-refractivity contribution in [2.45, 2.75) is 56.5 Å². The molecule has 5 fully saturated rings. The molecule has 1 saturated carbocycles. The third kappa shape index (κ3) is 5.99. The smallest absolute Gasteiger partial charge is 0.320 e. The second-order valence-electron chi connectivity index (χ2n) is 15.8. The van der Waals surface area contributed by atoms with Crippen LogP contribution >= 0.6 is 0 Å². The summed E-state index contributed by atoms with van der Waals surface area (Å²) in [7, 11) is 1.83. The van der Waals surface area contributed by atoms with E-state index in [4.69, 9.17) is 10.7 Å². The number of carbonyl (C=O) groups excluding carboxylic acids is 6. The lowest BCUT2D eigenvalue weighted by Gasteiger charge is -2.61. The third-order valence-corrected chi connectivity index (χ3v) is 12.2. The van der Waals surface area contributed by atoms with Crippen LogP contribution in [0.25, 0.3) is 0 Å². The van der Waals surface area contributed by atoms with Crippen molar-refractivity contribution in [1.82, 2.24) is 30.0 Å². The van der Waals surface area contributed by atoms with Gasteiger partial charge in [0.1, 0.15) is 6.04 Å². The number of nitrogens with zero attached hydrogens (tertiary/aromatic N) is 7. The molecule has 16 heteroatoms. The van der Waals surface area contributed by atoms with Crippen molar-refractivity contribution in [2.24, 2.45) is 11.1 Å². The lowest BCUT2D eigenvalue weighted by atomic mass is 9.72. The average molecular weight is 747 g/mol. The van der Waals surface area contributed by atoms with E-state index in [0.717, 1.165) is 92.6 Å². The molecule has 1 aliphatic carbocycles. The van der Waals surface area contributed by atoms with Crippen LogP contribution in [0.2, 0.25) is 0 Å². The molecule has 9 rings (SSSR count). The van der Waals surface area contributed by atoms with E-state index >= 15 is 0 Å². The van der Waals surface area contributed by atoms with Crippen LogP contribution < -0.4 is 26.2 Å². The average Bonchev–Trinajstić information content (AvgIpc) is 3.60. The van der Waals surface area contributed by atoms with Crippen molar-refractivity contribution in [1.29, 1.82) is 0 Å². The number of hydrogen-bond acceptors (Lipinski definition) is 11. The van der Waals surface area contributed by atoms with Crippen LogP contribution in [-0.4, -0.2) is 119 Å². The predicted molar refractivity (Wildman–Crippen MR) is 200 cm³/mol. The number of urea groups is 1. The van der Waals surface area contributed by atoms with E-state index < -0.39 is 35.6 Å². The fourth-order valence-electron chi connectivity index (χ4n) is 9.23. The Morgan fingerprint density at radius 2 is 1.60 bits per heavy atom. The number of aromatic nitrogens is 2. The lowest BCUT2D eigenvalue weighted by molar-refractivity contribution is -0.136. The van der Waals surface area contributed by atoms with Gasteiger partial charge in [-0.15, -0.1) is 0 Å². The minimum absolute atomic E-state index is 0.0710. The van der Waals surface area contributed by atoms with E-state index in [9.17, 15) is 28.8 Å². The van der Waals surface area contributed by atoms with Gasteiger partial charge in [0.05, 0.1) is 16.8 Å². The fraction of sp³-hybridized carbons (Fsp3) is 0.436. The molecule has 3 aromatic rings. The van der Waals surface area contributed by atoms with Crippen molar-refractivity contribution in [3.8, 4) is 0 Å². The van der Waals surface area contributed by atoms with E-state index in [2.05, 4.69) is 25.4 Å². The molecule has 6 aliphatic rings. The first-order valence-electron chi connectivity index (χ1n) is 18.9. The number of primary amides is 1. The van der Waals surface area contributed by atoms with Crippen molar-refractivity contribution >= 4 is 58.4 Å². The summed E-state index contributed by atoms with van der Waals surface area (Å²) in [6.45, 7) is 4.81. The van der Waals surface area contributed by atoms with Gasteiger partial charge in [-0.1, -0.05) is 6.42 Å². The largest absolute Gasteiger partial charge is 0.370 e. The number of hydrogen-bond donors (Lipinski definition) is 3. The molecule has 1 aromatic heterocycles. The van der Waals surface area contributed by atoms with Crippen LogP contribution in [0.3, 0.4) is 0 Å². The van der Waals surface area contributed by atoms with Crippen LogP contribution in [-0.2, 0) is 9.59 Å². The molecule has 16 nitrogen and oxygen atoms in total. The monoisotopic (exact) mass is 746 g/mol. The molecule has 0 radical (unpaired) electrons. The second kappa shape index (κ2) is 13.1. The Bertz CT molecular complexity index is 2140. The number of rotatable bonds is 8. The molecular weight excluding hydrogens is 704 g/mol. The van der Waals surface area contributed by atoms with Crippen LogP contribution in [0.15, 0.2) is 48.7 Å². The highest BCUT2D eigenvalue weighted by Crippen LogP contribution is 2.45. The molecule has 4 N–H and O–H groups in total. The van der Waals surface area contributed by atoms with Gasteiger partial charge in [-0.3, -0.25) is 34.2 Å². The summed E-state index contributed by atoms with van der Waals surface area (Å²) in [6.07, 6.45) is 5.51. The molecule has 55 heavy (non-hydrogen) atoms. The minimum atomic E-state index is -0.990. The summed E-state index contributed by atoms with van der Waals surface area (Å²) >= 11 is 0. The molecule has 3 atom stereocenters. The van der Waals surface area contributed by atoms with Crippen molar-refractivity contribution in [3.05, 3.63) is 71.2 Å². The molecular formula is C39H42N10O6. The Hall–Kier alpha value is -6.06. The minimum Gasteiger partial charge on any atom is -0.370 e. The number of likely N-dealkylation sites (N-methyl/N-ethyl adjacent to an activating group) is 1. The van der Waals surface area contributed by atoms with Gasteiger partial charge >= 0.3 is 6.03 Å². The van der Waals surface area contributed by atoms with Crippen molar-refractivity contribution < 1.29 is 28.8 Å². The quantitative estimate of drug-likeness (QED) is 0.287. The number of imide groups is 2. The first kappa shape index (κ1) is 34.7. The summed E-state index contributed by atoms with van der Waals surface area (Å²) in [6, 6.07) is 12.4. The molecule has 2 aromatic carbocycles. The summed E-state index contributed by atoms with van der Waals surface area (Å²) < 4.78 is 0. The van der Waals surface area contributed by atoms with Gasteiger partial charge in [0.15, 0.2) is 11.5 Å². The summed E-state index contributed by atoms with van der Waals surface area (Å²) in [4.78, 5) is 93.9. The van der Waals surface area contributed by atoms with E-state index in [1.807, 2.05) is 42.3 Å². The number of carbonyl (C=O) groups is 6. The molecule has 5 aliphatic heterocycles. The molecule has 0 bridgehead atoms.